The molecule has 4 rings (SSSR count). The molecule has 0 aliphatic carbocycles. The van der Waals surface area contributed by atoms with Crippen LogP contribution in [0, 0.1) is 0 Å². The van der Waals surface area contributed by atoms with Crippen LogP contribution in [0.1, 0.15) is 0 Å². The number of ether oxygens (including phenoxy) is 2. The van der Waals surface area contributed by atoms with E-state index in [1.165, 1.54) is 12.1 Å². The normalized spacial score (nSPS) is 23.7. The summed E-state index contributed by atoms with van der Waals surface area (Å²) in [5, 5.41) is 68.8. The number of rotatable bonds is 3. The minimum absolute atomic E-state index is 0.0942. The summed E-state index contributed by atoms with van der Waals surface area (Å²) in [4.78, 5) is 12.6. The molecule has 164 valence electrons. The minimum Gasteiger partial charge on any atom is -0.507 e. The van der Waals surface area contributed by atoms with Crippen molar-refractivity contribution in [3.05, 3.63) is 40.6 Å². The first-order valence-electron chi connectivity index (χ1n) is 9.05. The van der Waals surface area contributed by atoms with Crippen molar-refractivity contribution in [1.29, 1.82) is 0 Å². The van der Waals surface area contributed by atoms with E-state index >= 15 is 0 Å². The van der Waals surface area contributed by atoms with E-state index in [0.717, 1.165) is 18.2 Å². The summed E-state index contributed by atoms with van der Waals surface area (Å²) in [5.41, 5.74) is -0.925. The molecule has 11 nitrogen and oxygen atoms in total. The lowest BCUT2D eigenvalue weighted by molar-refractivity contribution is -0.242. The van der Waals surface area contributed by atoms with Crippen LogP contribution in [0.3, 0.4) is 0 Å². The molecule has 1 aromatic heterocycles. The molecule has 3 aromatic rings. The maximum absolute atomic E-state index is 12.6. The molecule has 11 heteroatoms. The smallest absolute Gasteiger partial charge is 0.229 e. The number of aliphatic hydroxyl groups is 3. The number of phenols is 4. The zero-order valence-electron chi connectivity index (χ0n) is 15.7. The van der Waals surface area contributed by atoms with Gasteiger partial charge >= 0.3 is 0 Å². The van der Waals surface area contributed by atoms with Crippen LogP contribution >= 0.6 is 0 Å². The molecule has 1 saturated heterocycles. The number of hydrogen-bond donors (Lipinski definition) is 7. The van der Waals surface area contributed by atoms with Gasteiger partial charge in [-0.3, -0.25) is 4.79 Å². The molecule has 0 amide bonds. The number of fused-ring (bicyclic) bond motifs is 1. The molecule has 0 unspecified atom stereocenters. The first kappa shape index (κ1) is 20.8. The van der Waals surface area contributed by atoms with Gasteiger partial charge in [-0.05, 0) is 18.2 Å². The van der Waals surface area contributed by atoms with Crippen LogP contribution in [-0.4, -0.2) is 67.0 Å². The SMILES string of the molecule is O=c1cc(-c2ccc(O)c(O)c2)oc2c(O[C@@H]3OC[C@H](O)[C@H](O)[C@H]3O)c(O)cc(O)c12. The summed E-state index contributed by atoms with van der Waals surface area (Å²) in [7, 11) is 0. The molecule has 1 aliphatic rings. The average molecular weight is 434 g/mol. The van der Waals surface area contributed by atoms with E-state index in [0.29, 0.717) is 0 Å². The van der Waals surface area contributed by atoms with E-state index in [2.05, 4.69) is 0 Å². The van der Waals surface area contributed by atoms with E-state index in [-0.39, 0.29) is 23.3 Å². The Morgan fingerprint density at radius 2 is 1.61 bits per heavy atom. The second kappa shape index (κ2) is 7.63. The van der Waals surface area contributed by atoms with Gasteiger partial charge in [0.05, 0.1) is 6.61 Å². The fourth-order valence-corrected chi connectivity index (χ4v) is 3.21. The maximum Gasteiger partial charge on any atom is 0.229 e. The molecule has 0 spiro atoms. The van der Waals surface area contributed by atoms with E-state index < -0.39 is 64.4 Å². The van der Waals surface area contributed by atoms with Crippen LogP contribution in [0.5, 0.6) is 28.7 Å². The fourth-order valence-electron chi connectivity index (χ4n) is 3.21. The van der Waals surface area contributed by atoms with Crippen molar-refractivity contribution in [2.24, 2.45) is 0 Å². The highest BCUT2D eigenvalue weighted by molar-refractivity contribution is 5.91. The highest BCUT2D eigenvalue weighted by Gasteiger charge is 2.40. The topological polar surface area (TPSA) is 190 Å². The van der Waals surface area contributed by atoms with Crippen molar-refractivity contribution in [1.82, 2.24) is 0 Å². The van der Waals surface area contributed by atoms with Crippen molar-refractivity contribution in [2.45, 2.75) is 24.6 Å². The Labute approximate surface area is 173 Å². The fraction of sp³-hybridized carbons (Fsp3) is 0.250. The second-order valence-electron chi connectivity index (χ2n) is 6.99. The molecule has 0 saturated carbocycles. The quantitative estimate of drug-likeness (QED) is 0.277. The highest BCUT2D eigenvalue weighted by atomic mass is 16.7. The van der Waals surface area contributed by atoms with E-state index in [4.69, 9.17) is 13.9 Å². The molecular formula is C20H18O11. The van der Waals surface area contributed by atoms with Crippen LogP contribution < -0.4 is 10.2 Å². The van der Waals surface area contributed by atoms with Crippen molar-refractivity contribution in [3.8, 4) is 40.1 Å². The van der Waals surface area contributed by atoms with Gasteiger partial charge in [0.1, 0.15) is 35.2 Å². The van der Waals surface area contributed by atoms with E-state index in [1.807, 2.05) is 0 Å². The summed E-state index contributed by atoms with van der Waals surface area (Å²) < 4.78 is 16.3. The summed E-state index contributed by atoms with van der Waals surface area (Å²) in [6.45, 7) is -0.373. The lowest BCUT2D eigenvalue weighted by Crippen LogP contribution is -2.54. The molecule has 2 aromatic carbocycles. The van der Waals surface area contributed by atoms with E-state index in [9.17, 15) is 40.5 Å². The lowest BCUT2D eigenvalue weighted by atomic mass is 10.1. The third-order valence-electron chi connectivity index (χ3n) is 4.86. The molecule has 0 radical (unpaired) electrons. The van der Waals surface area contributed by atoms with Gasteiger partial charge in [0.2, 0.25) is 12.0 Å². The Kier molecular flexibility index (Phi) is 5.11. The molecule has 1 aliphatic heterocycles. The van der Waals surface area contributed by atoms with Crippen molar-refractivity contribution < 1.29 is 49.6 Å². The number of phenolic OH excluding ortho intramolecular Hbond substituents is 4. The number of hydrogen-bond acceptors (Lipinski definition) is 11. The lowest BCUT2D eigenvalue weighted by Gasteiger charge is -2.35. The van der Waals surface area contributed by atoms with Crippen molar-refractivity contribution >= 4 is 11.0 Å². The van der Waals surface area contributed by atoms with Gasteiger partial charge in [0, 0.05) is 17.7 Å². The van der Waals surface area contributed by atoms with Crippen molar-refractivity contribution in [2.75, 3.05) is 6.61 Å². The van der Waals surface area contributed by atoms with Crippen LogP contribution in [0.4, 0.5) is 0 Å². The Hall–Kier alpha value is -3.51. The predicted molar refractivity (Wildman–Crippen MR) is 103 cm³/mol. The van der Waals surface area contributed by atoms with Gasteiger partial charge < -0.3 is 49.6 Å². The average Bonchev–Trinajstić information content (AvgIpc) is 2.72. The first-order chi connectivity index (χ1) is 14.7. The summed E-state index contributed by atoms with van der Waals surface area (Å²) in [6.07, 6.45) is -6.18. The molecule has 4 atom stereocenters. The van der Waals surface area contributed by atoms with Crippen LogP contribution in [0.25, 0.3) is 22.3 Å². The van der Waals surface area contributed by atoms with E-state index in [1.54, 1.807) is 0 Å². The molecule has 0 bridgehead atoms. The van der Waals surface area contributed by atoms with Crippen LogP contribution in [-0.2, 0) is 4.74 Å². The molecule has 31 heavy (non-hydrogen) atoms. The van der Waals surface area contributed by atoms with Gasteiger partial charge in [0.25, 0.3) is 0 Å². The van der Waals surface area contributed by atoms with Gasteiger partial charge in [-0.1, -0.05) is 0 Å². The molecular weight excluding hydrogens is 416 g/mol. The minimum atomic E-state index is -1.70. The molecule has 1 fully saturated rings. The third-order valence-corrected chi connectivity index (χ3v) is 4.86. The monoisotopic (exact) mass is 434 g/mol. The Morgan fingerprint density at radius 1 is 0.871 bits per heavy atom. The first-order valence-corrected chi connectivity index (χ1v) is 9.05. The maximum atomic E-state index is 12.6. The summed E-state index contributed by atoms with van der Waals surface area (Å²) in [5.74, 6) is -2.69. The van der Waals surface area contributed by atoms with Gasteiger partial charge in [-0.2, -0.15) is 0 Å². The second-order valence-corrected chi connectivity index (χ2v) is 6.99. The zero-order valence-corrected chi connectivity index (χ0v) is 15.7. The molecule has 2 heterocycles. The largest absolute Gasteiger partial charge is 0.507 e. The Balaban J connectivity index is 1.86. The van der Waals surface area contributed by atoms with Gasteiger partial charge in [-0.25, -0.2) is 0 Å². The Bertz CT molecular complexity index is 1200. The number of aromatic hydroxyl groups is 4. The molecule has 7 N–H and O–H groups in total. The Morgan fingerprint density at radius 3 is 2.32 bits per heavy atom. The van der Waals surface area contributed by atoms with Crippen LogP contribution in [0.2, 0.25) is 0 Å². The standard InChI is InChI=1S/C20H18O11/c21-8-2-1-7(3-9(8)22)14-5-11(24)15-10(23)4-12(25)18(19(15)30-14)31-20-17(28)16(27)13(26)6-29-20/h1-5,13,16-17,20-23,25-28H,6H2/t13-,16-,17+,20-/m0/s1. The van der Waals surface area contributed by atoms with Crippen LogP contribution in [0.15, 0.2) is 39.5 Å². The van der Waals surface area contributed by atoms with Gasteiger partial charge in [-0.15, -0.1) is 0 Å². The zero-order chi connectivity index (χ0) is 22.4. The van der Waals surface area contributed by atoms with Crippen molar-refractivity contribution in [3.63, 3.8) is 0 Å². The predicted octanol–water partition coefficient (Wildman–Crippen LogP) is 0.100. The highest BCUT2D eigenvalue weighted by Crippen LogP contribution is 2.42. The summed E-state index contributed by atoms with van der Waals surface area (Å²) in [6, 6.07) is 5.52. The van der Waals surface area contributed by atoms with Gasteiger partial charge in [0.15, 0.2) is 28.3 Å². The number of benzene rings is 2. The third kappa shape index (κ3) is 3.59. The summed E-state index contributed by atoms with van der Waals surface area (Å²) >= 11 is 0. The number of aliphatic hydroxyl groups excluding tert-OH is 3.